The number of carbonyl (C=O) groups excluding carboxylic acids is 1. The van der Waals surface area contributed by atoms with Crippen LogP contribution in [0, 0.1) is 0 Å². The zero-order valence-corrected chi connectivity index (χ0v) is 15.6. The molecule has 2 aliphatic heterocycles. The number of sulfone groups is 1. The van der Waals surface area contributed by atoms with Crippen LogP contribution in [0.1, 0.15) is 42.2 Å². The number of piperidine rings is 1. The van der Waals surface area contributed by atoms with Crippen LogP contribution in [0.5, 0.6) is 0 Å². The van der Waals surface area contributed by atoms with Crippen molar-refractivity contribution in [2.75, 3.05) is 24.6 Å². The minimum absolute atomic E-state index is 0.0443. The van der Waals surface area contributed by atoms with Gasteiger partial charge < -0.3 is 4.90 Å². The zero-order valence-electron chi connectivity index (χ0n) is 13.9. The van der Waals surface area contributed by atoms with Crippen molar-refractivity contribution in [2.45, 2.75) is 31.7 Å². The van der Waals surface area contributed by atoms with E-state index in [1.54, 1.807) is 16.0 Å². The Morgan fingerprint density at radius 3 is 2.68 bits per heavy atom. The average Bonchev–Trinajstić information content (AvgIpc) is 3.33. The summed E-state index contributed by atoms with van der Waals surface area (Å²) < 4.78 is 25.5. The van der Waals surface area contributed by atoms with Crippen molar-refractivity contribution < 1.29 is 13.2 Å². The highest BCUT2D eigenvalue weighted by Gasteiger charge is 2.33. The number of nitrogens with zero attached hydrogens (tertiary/aromatic N) is 3. The highest BCUT2D eigenvalue weighted by atomic mass is 32.2. The molecular weight excluding hydrogens is 358 g/mol. The van der Waals surface area contributed by atoms with Crippen LogP contribution >= 0.6 is 11.3 Å². The molecule has 0 aromatic carbocycles. The molecule has 0 unspecified atom stereocenters. The summed E-state index contributed by atoms with van der Waals surface area (Å²) in [6, 6.07) is 5.57. The summed E-state index contributed by atoms with van der Waals surface area (Å²) in [6.45, 7) is 1.55. The van der Waals surface area contributed by atoms with Gasteiger partial charge in [0.2, 0.25) is 0 Å². The molecule has 2 fully saturated rings. The van der Waals surface area contributed by atoms with Gasteiger partial charge in [-0.25, -0.2) is 8.42 Å². The average molecular weight is 380 g/mol. The van der Waals surface area contributed by atoms with E-state index >= 15 is 0 Å². The van der Waals surface area contributed by atoms with E-state index in [-0.39, 0.29) is 23.5 Å². The molecule has 0 spiro atoms. The first-order valence-corrected chi connectivity index (χ1v) is 11.4. The highest BCUT2D eigenvalue weighted by molar-refractivity contribution is 7.91. The van der Waals surface area contributed by atoms with E-state index < -0.39 is 9.84 Å². The number of hydrogen-bond donors (Lipinski definition) is 0. The Bertz CT molecular complexity index is 865. The Morgan fingerprint density at radius 1 is 1.24 bits per heavy atom. The van der Waals surface area contributed by atoms with Crippen molar-refractivity contribution in [3.05, 3.63) is 29.3 Å². The molecule has 1 amide bonds. The fraction of sp³-hybridized carbons (Fsp3) is 0.529. The number of rotatable bonds is 3. The van der Waals surface area contributed by atoms with E-state index in [0.29, 0.717) is 12.1 Å². The Hall–Kier alpha value is -1.67. The third-order valence-electron chi connectivity index (χ3n) is 4.93. The van der Waals surface area contributed by atoms with Crippen LogP contribution in [0.4, 0.5) is 0 Å². The number of hydrogen-bond acceptors (Lipinski definition) is 5. The molecule has 6 nitrogen and oxygen atoms in total. The van der Waals surface area contributed by atoms with Crippen molar-refractivity contribution in [3.63, 3.8) is 0 Å². The standard InChI is InChI=1S/C17H21N3O3S2/c21-17(19-7-2-1-3-8-19)14-11-15(16-5-4-9-24-16)20(18-14)13-6-10-25(22,23)12-13/h4-5,9,11,13H,1-3,6-8,10,12H2/t13-/m0/s1. The molecule has 2 aliphatic rings. The van der Waals surface area contributed by atoms with Crippen LogP contribution in [0.15, 0.2) is 23.6 Å². The SMILES string of the molecule is O=C(c1cc(-c2cccs2)n([C@H]2CCS(=O)(=O)C2)n1)N1CCCCC1. The van der Waals surface area contributed by atoms with Gasteiger partial charge in [0.25, 0.3) is 5.91 Å². The largest absolute Gasteiger partial charge is 0.337 e. The van der Waals surface area contributed by atoms with E-state index in [2.05, 4.69) is 5.10 Å². The molecule has 134 valence electrons. The Morgan fingerprint density at radius 2 is 2.04 bits per heavy atom. The van der Waals surface area contributed by atoms with E-state index in [1.165, 1.54) is 6.42 Å². The summed E-state index contributed by atoms with van der Waals surface area (Å²) in [5, 5.41) is 6.53. The molecule has 2 aromatic heterocycles. The molecule has 4 rings (SSSR count). The second kappa shape index (κ2) is 6.57. The van der Waals surface area contributed by atoms with Crippen LogP contribution in [0.2, 0.25) is 0 Å². The van der Waals surface area contributed by atoms with Gasteiger partial charge in [-0.05, 0) is 43.2 Å². The van der Waals surface area contributed by atoms with E-state index in [9.17, 15) is 13.2 Å². The summed E-state index contributed by atoms with van der Waals surface area (Å²) in [7, 11) is -3.01. The third kappa shape index (κ3) is 3.37. The lowest BCUT2D eigenvalue weighted by molar-refractivity contribution is 0.0717. The first-order chi connectivity index (χ1) is 12.0. The van der Waals surface area contributed by atoms with E-state index in [4.69, 9.17) is 0 Å². The molecule has 25 heavy (non-hydrogen) atoms. The third-order valence-corrected chi connectivity index (χ3v) is 7.57. The topological polar surface area (TPSA) is 72.3 Å². The van der Waals surface area contributed by atoms with Crippen molar-refractivity contribution >= 4 is 27.1 Å². The highest BCUT2D eigenvalue weighted by Crippen LogP contribution is 2.32. The molecule has 4 heterocycles. The molecule has 0 bridgehead atoms. The van der Waals surface area contributed by atoms with Gasteiger partial charge in [0.1, 0.15) is 0 Å². The minimum Gasteiger partial charge on any atom is -0.337 e. The lowest BCUT2D eigenvalue weighted by Gasteiger charge is -2.25. The summed E-state index contributed by atoms with van der Waals surface area (Å²) in [6.07, 6.45) is 3.79. The van der Waals surface area contributed by atoms with Gasteiger partial charge in [-0.15, -0.1) is 11.3 Å². The van der Waals surface area contributed by atoms with Crippen molar-refractivity contribution in [3.8, 4) is 10.6 Å². The molecular formula is C17H21N3O3S2. The smallest absolute Gasteiger partial charge is 0.274 e. The quantitative estimate of drug-likeness (QED) is 0.822. The number of amides is 1. The zero-order chi connectivity index (χ0) is 17.4. The van der Waals surface area contributed by atoms with Crippen LogP contribution in [0.25, 0.3) is 10.6 Å². The van der Waals surface area contributed by atoms with Gasteiger partial charge in [0.05, 0.1) is 28.1 Å². The Balaban J connectivity index is 1.70. The molecule has 8 heteroatoms. The predicted octanol–water partition coefficient (Wildman–Crippen LogP) is 2.60. The summed E-state index contributed by atoms with van der Waals surface area (Å²) >= 11 is 1.57. The van der Waals surface area contributed by atoms with E-state index in [0.717, 1.165) is 36.5 Å². The van der Waals surface area contributed by atoms with Gasteiger partial charge in [0, 0.05) is 13.1 Å². The van der Waals surface area contributed by atoms with Crippen LogP contribution in [-0.2, 0) is 9.84 Å². The maximum absolute atomic E-state index is 12.8. The molecule has 0 N–H and O–H groups in total. The maximum Gasteiger partial charge on any atom is 0.274 e. The fourth-order valence-corrected chi connectivity index (χ4v) is 6.04. The number of carbonyl (C=O) groups is 1. The summed E-state index contributed by atoms with van der Waals surface area (Å²) in [5.74, 6) is 0.249. The van der Waals surface area contributed by atoms with Gasteiger partial charge >= 0.3 is 0 Å². The first-order valence-electron chi connectivity index (χ1n) is 8.67. The molecule has 2 saturated heterocycles. The van der Waals surface area contributed by atoms with Gasteiger partial charge in [0.15, 0.2) is 15.5 Å². The van der Waals surface area contributed by atoms with Crippen LogP contribution in [0.3, 0.4) is 0 Å². The minimum atomic E-state index is -3.01. The second-order valence-electron chi connectivity index (χ2n) is 6.75. The van der Waals surface area contributed by atoms with Crippen molar-refractivity contribution in [2.24, 2.45) is 0 Å². The molecule has 1 atom stereocenters. The number of thiophene rings is 1. The van der Waals surface area contributed by atoms with Gasteiger partial charge in [-0.3, -0.25) is 9.48 Å². The lowest BCUT2D eigenvalue weighted by Crippen LogP contribution is -2.35. The Labute approximate surface area is 151 Å². The van der Waals surface area contributed by atoms with E-state index in [1.807, 2.05) is 28.5 Å². The molecule has 2 aromatic rings. The second-order valence-corrected chi connectivity index (χ2v) is 9.92. The van der Waals surface area contributed by atoms with Crippen LogP contribution in [-0.4, -0.2) is 53.6 Å². The monoisotopic (exact) mass is 379 g/mol. The molecule has 0 aliphatic carbocycles. The van der Waals surface area contributed by atoms with Gasteiger partial charge in [-0.1, -0.05) is 6.07 Å². The lowest BCUT2D eigenvalue weighted by atomic mass is 10.1. The maximum atomic E-state index is 12.8. The van der Waals surface area contributed by atoms with Crippen molar-refractivity contribution in [1.29, 1.82) is 0 Å². The predicted molar refractivity (Wildman–Crippen MR) is 97.6 cm³/mol. The number of likely N-dealkylation sites (tertiary alicyclic amines) is 1. The molecule has 0 saturated carbocycles. The van der Waals surface area contributed by atoms with Crippen LogP contribution < -0.4 is 0 Å². The molecule has 0 radical (unpaired) electrons. The summed E-state index contributed by atoms with van der Waals surface area (Å²) in [4.78, 5) is 15.7. The fourth-order valence-electron chi connectivity index (χ4n) is 3.61. The Kier molecular flexibility index (Phi) is 4.41. The number of aromatic nitrogens is 2. The van der Waals surface area contributed by atoms with Gasteiger partial charge in [-0.2, -0.15) is 5.10 Å². The first kappa shape index (κ1) is 16.8. The normalized spacial score (nSPS) is 23.0. The van der Waals surface area contributed by atoms with Crippen molar-refractivity contribution in [1.82, 2.24) is 14.7 Å². The summed E-state index contributed by atoms with van der Waals surface area (Å²) in [5.41, 5.74) is 1.27.